The summed E-state index contributed by atoms with van der Waals surface area (Å²) in [4.78, 5) is 0. The van der Waals surface area contributed by atoms with Crippen LogP contribution in [0.1, 0.15) is 36.6 Å². The normalized spacial score (nSPS) is 24.5. The zero-order chi connectivity index (χ0) is 14.9. The van der Waals surface area contributed by atoms with E-state index in [4.69, 9.17) is 4.74 Å². The molecule has 2 aliphatic rings. The Balaban J connectivity index is 0.000000704. The van der Waals surface area contributed by atoms with Gasteiger partial charge in [0.25, 0.3) is 0 Å². The lowest BCUT2D eigenvalue weighted by molar-refractivity contribution is -0.137. The molecule has 20 heavy (non-hydrogen) atoms. The Bertz CT molecular complexity index is 487. The predicted molar refractivity (Wildman–Crippen MR) is 66.9 cm³/mol. The summed E-state index contributed by atoms with van der Waals surface area (Å²) in [5, 5.41) is 3.09. The quantitative estimate of drug-likeness (QED) is 0.739. The lowest BCUT2D eigenvalue weighted by Gasteiger charge is -2.27. The van der Waals surface area contributed by atoms with Crippen LogP contribution in [-0.4, -0.2) is 19.3 Å². The Hall–Kier alpha value is -1.14. The van der Waals surface area contributed by atoms with E-state index < -0.39 is 17.6 Å². The topological polar surface area (TPSA) is 21.3 Å². The van der Waals surface area contributed by atoms with Crippen LogP contribution in [0.15, 0.2) is 12.1 Å². The van der Waals surface area contributed by atoms with Crippen molar-refractivity contribution in [1.29, 1.82) is 0 Å². The molecule has 0 aromatic heterocycles. The van der Waals surface area contributed by atoms with Crippen LogP contribution >= 0.6 is 0 Å². The standard InChI is InChI=1S/C12H11F4NO.C2H6/c13-8-5-7(12(14,15)16)3-6-4-9-11(10(6)8)17-1-2-18-9;1-2/h3,5,9,11,17H,1-2,4H2;1-2H3/t9?,11-;/m1./s1. The third kappa shape index (κ3) is 2.67. The molecular formula is C14H17F4NO. The lowest BCUT2D eigenvalue weighted by atomic mass is 10.0. The number of halogens is 4. The number of alkyl halides is 3. The van der Waals surface area contributed by atoms with Gasteiger partial charge in [-0.1, -0.05) is 13.8 Å². The molecule has 1 unspecified atom stereocenters. The second kappa shape index (κ2) is 5.69. The fourth-order valence-electron chi connectivity index (χ4n) is 2.69. The maximum Gasteiger partial charge on any atom is 0.416 e. The minimum Gasteiger partial charge on any atom is -0.375 e. The molecule has 112 valence electrons. The van der Waals surface area contributed by atoms with Gasteiger partial charge in [-0.3, -0.25) is 0 Å². The monoisotopic (exact) mass is 291 g/mol. The molecule has 6 heteroatoms. The minimum absolute atomic E-state index is 0.258. The van der Waals surface area contributed by atoms with E-state index in [0.717, 1.165) is 6.07 Å². The maximum absolute atomic E-state index is 13.9. The molecule has 0 radical (unpaired) electrons. The number of nitrogens with one attached hydrogen (secondary N) is 1. The molecule has 1 N–H and O–H groups in total. The van der Waals surface area contributed by atoms with Crippen LogP contribution in [0.25, 0.3) is 0 Å². The summed E-state index contributed by atoms with van der Waals surface area (Å²) in [6.07, 6.45) is -4.45. The first-order chi connectivity index (χ1) is 9.47. The number of fused-ring (bicyclic) bond motifs is 3. The maximum atomic E-state index is 13.9. The van der Waals surface area contributed by atoms with E-state index >= 15 is 0 Å². The Kier molecular flexibility index (Phi) is 4.34. The first-order valence-electron chi connectivity index (χ1n) is 6.71. The van der Waals surface area contributed by atoms with Crippen molar-refractivity contribution in [1.82, 2.24) is 5.32 Å². The fraction of sp³-hybridized carbons (Fsp3) is 0.571. The summed E-state index contributed by atoms with van der Waals surface area (Å²) in [6.45, 7) is 5.09. The van der Waals surface area contributed by atoms with Crippen molar-refractivity contribution in [3.63, 3.8) is 0 Å². The Labute approximate surface area is 115 Å². The van der Waals surface area contributed by atoms with Crippen molar-refractivity contribution >= 4 is 0 Å². The Morgan fingerprint density at radius 3 is 2.60 bits per heavy atom. The van der Waals surface area contributed by atoms with Gasteiger partial charge in [-0.2, -0.15) is 13.2 Å². The minimum atomic E-state index is -4.52. The first kappa shape index (κ1) is 15.3. The van der Waals surface area contributed by atoms with Crippen LogP contribution in [0.4, 0.5) is 17.6 Å². The number of benzene rings is 1. The third-order valence-electron chi connectivity index (χ3n) is 3.44. The van der Waals surface area contributed by atoms with Gasteiger partial charge in [0.2, 0.25) is 0 Å². The summed E-state index contributed by atoms with van der Waals surface area (Å²) >= 11 is 0. The second-order valence-electron chi connectivity index (χ2n) is 4.57. The molecule has 3 rings (SSSR count). The lowest BCUT2D eigenvalue weighted by Crippen LogP contribution is -2.39. The highest BCUT2D eigenvalue weighted by Crippen LogP contribution is 2.40. The highest BCUT2D eigenvalue weighted by atomic mass is 19.4. The molecule has 1 saturated heterocycles. The number of morpholine rings is 1. The van der Waals surface area contributed by atoms with Crippen LogP contribution in [0.3, 0.4) is 0 Å². The average molecular weight is 291 g/mol. The van der Waals surface area contributed by atoms with E-state index in [0.29, 0.717) is 36.8 Å². The van der Waals surface area contributed by atoms with E-state index in [1.807, 2.05) is 13.8 Å². The highest BCUT2D eigenvalue weighted by Gasteiger charge is 2.40. The first-order valence-corrected chi connectivity index (χ1v) is 6.71. The summed E-state index contributed by atoms with van der Waals surface area (Å²) in [6, 6.07) is 1.27. The van der Waals surface area contributed by atoms with E-state index in [1.54, 1.807) is 0 Å². The van der Waals surface area contributed by atoms with Gasteiger partial charge in [0.1, 0.15) is 5.82 Å². The molecule has 2 atom stereocenters. The number of rotatable bonds is 0. The van der Waals surface area contributed by atoms with Crippen LogP contribution in [0.5, 0.6) is 0 Å². The smallest absolute Gasteiger partial charge is 0.375 e. The van der Waals surface area contributed by atoms with Crippen molar-refractivity contribution < 1.29 is 22.3 Å². The Morgan fingerprint density at radius 1 is 1.25 bits per heavy atom. The van der Waals surface area contributed by atoms with Crippen molar-refractivity contribution in [2.75, 3.05) is 13.2 Å². The average Bonchev–Trinajstić information content (AvgIpc) is 2.78. The number of hydrogen-bond acceptors (Lipinski definition) is 2. The zero-order valence-corrected chi connectivity index (χ0v) is 11.4. The van der Waals surface area contributed by atoms with Crippen molar-refractivity contribution in [3.8, 4) is 0 Å². The largest absolute Gasteiger partial charge is 0.416 e. The molecule has 1 aromatic carbocycles. The van der Waals surface area contributed by atoms with Gasteiger partial charge in [-0.25, -0.2) is 4.39 Å². The summed E-state index contributed by atoms with van der Waals surface area (Å²) < 4.78 is 57.1. The second-order valence-corrected chi connectivity index (χ2v) is 4.57. The van der Waals surface area contributed by atoms with E-state index in [-0.39, 0.29) is 12.1 Å². The molecule has 1 heterocycles. The highest BCUT2D eigenvalue weighted by molar-refractivity contribution is 5.42. The zero-order valence-electron chi connectivity index (χ0n) is 11.4. The predicted octanol–water partition coefficient (Wildman–Crippen LogP) is 3.46. The Morgan fingerprint density at radius 2 is 1.95 bits per heavy atom. The molecule has 1 aromatic rings. The molecule has 1 aliphatic heterocycles. The van der Waals surface area contributed by atoms with Gasteiger partial charge >= 0.3 is 6.18 Å². The van der Waals surface area contributed by atoms with Crippen LogP contribution in [0, 0.1) is 5.82 Å². The van der Waals surface area contributed by atoms with Gasteiger partial charge in [0, 0.05) is 18.5 Å². The van der Waals surface area contributed by atoms with E-state index in [2.05, 4.69) is 5.32 Å². The van der Waals surface area contributed by atoms with Crippen LogP contribution in [-0.2, 0) is 17.3 Å². The molecule has 0 saturated carbocycles. The van der Waals surface area contributed by atoms with Gasteiger partial charge in [0.05, 0.1) is 24.3 Å². The van der Waals surface area contributed by atoms with E-state index in [1.165, 1.54) is 0 Å². The van der Waals surface area contributed by atoms with Crippen LogP contribution in [0.2, 0.25) is 0 Å². The number of hydrogen-bond donors (Lipinski definition) is 1. The van der Waals surface area contributed by atoms with Gasteiger partial charge in [-0.15, -0.1) is 0 Å². The molecule has 1 aliphatic carbocycles. The van der Waals surface area contributed by atoms with E-state index in [9.17, 15) is 17.6 Å². The van der Waals surface area contributed by atoms with Gasteiger partial charge < -0.3 is 10.1 Å². The molecule has 2 nitrogen and oxygen atoms in total. The SMILES string of the molecule is CC.Fc1cc(C(F)(F)F)cc2c1[C@@H]1NCCOC1C2. The number of ether oxygens (including phenoxy) is 1. The molecule has 1 fully saturated rings. The van der Waals surface area contributed by atoms with Crippen molar-refractivity contribution in [2.24, 2.45) is 0 Å². The van der Waals surface area contributed by atoms with Crippen molar-refractivity contribution in [3.05, 3.63) is 34.6 Å². The third-order valence-corrected chi connectivity index (χ3v) is 3.44. The van der Waals surface area contributed by atoms with Gasteiger partial charge in [-0.05, 0) is 17.7 Å². The molecule has 0 bridgehead atoms. The molecule has 0 amide bonds. The van der Waals surface area contributed by atoms with Gasteiger partial charge in [0.15, 0.2) is 0 Å². The summed E-state index contributed by atoms with van der Waals surface area (Å²) in [5.41, 5.74) is -0.211. The molecular weight excluding hydrogens is 274 g/mol. The summed E-state index contributed by atoms with van der Waals surface area (Å²) in [7, 11) is 0. The van der Waals surface area contributed by atoms with Crippen molar-refractivity contribution in [2.45, 2.75) is 38.6 Å². The fourth-order valence-corrected chi connectivity index (χ4v) is 2.69. The molecule has 0 spiro atoms. The van der Waals surface area contributed by atoms with Crippen LogP contribution < -0.4 is 5.32 Å². The summed E-state index contributed by atoms with van der Waals surface area (Å²) in [5.74, 6) is -0.801.